The predicted molar refractivity (Wildman–Crippen MR) is 107 cm³/mol. The van der Waals surface area contributed by atoms with Gasteiger partial charge in [-0.3, -0.25) is 9.69 Å². The zero-order valence-electron chi connectivity index (χ0n) is 13.8. The number of carbonyl (C=O) groups excluding carboxylic acids is 1. The summed E-state index contributed by atoms with van der Waals surface area (Å²) in [4.78, 5) is 15.2. The minimum Gasteiger partial charge on any atom is -0.268 e. The van der Waals surface area contributed by atoms with Crippen molar-refractivity contribution in [3.63, 3.8) is 0 Å². The van der Waals surface area contributed by atoms with E-state index >= 15 is 0 Å². The summed E-state index contributed by atoms with van der Waals surface area (Å²) in [6.07, 6.45) is 3.80. The number of benzene rings is 2. The van der Waals surface area contributed by atoms with Crippen LogP contribution in [-0.4, -0.2) is 10.2 Å². The number of para-hydroxylation sites is 1. The van der Waals surface area contributed by atoms with Gasteiger partial charge in [0, 0.05) is 0 Å². The molecule has 0 atom stereocenters. The summed E-state index contributed by atoms with van der Waals surface area (Å²) in [5.74, 6) is -0.0366. The van der Waals surface area contributed by atoms with Gasteiger partial charge in [0.15, 0.2) is 4.32 Å². The minimum absolute atomic E-state index is 0.0366. The van der Waals surface area contributed by atoms with Crippen LogP contribution in [-0.2, 0) is 17.6 Å². The van der Waals surface area contributed by atoms with Crippen molar-refractivity contribution in [1.82, 2.24) is 0 Å². The third-order valence-corrected chi connectivity index (χ3v) is 5.40. The highest BCUT2D eigenvalue weighted by Gasteiger charge is 2.34. The highest BCUT2D eigenvalue weighted by atomic mass is 32.2. The van der Waals surface area contributed by atoms with E-state index in [0.29, 0.717) is 9.23 Å². The van der Waals surface area contributed by atoms with Gasteiger partial charge in [0.2, 0.25) is 0 Å². The van der Waals surface area contributed by atoms with Gasteiger partial charge < -0.3 is 0 Å². The van der Waals surface area contributed by atoms with Crippen LogP contribution in [0.5, 0.6) is 0 Å². The highest BCUT2D eigenvalue weighted by Crippen LogP contribution is 2.37. The van der Waals surface area contributed by atoms with Crippen LogP contribution in [0, 0.1) is 0 Å². The first-order valence-corrected chi connectivity index (χ1v) is 9.31. The second-order valence-electron chi connectivity index (χ2n) is 5.59. The Morgan fingerprint density at radius 3 is 2.42 bits per heavy atom. The fourth-order valence-corrected chi connectivity index (χ4v) is 3.99. The highest BCUT2D eigenvalue weighted by molar-refractivity contribution is 8.27. The fraction of sp³-hybridized carbons (Fsp3) is 0.200. The number of thiocarbonyl (C=S) groups is 1. The molecule has 1 heterocycles. The van der Waals surface area contributed by atoms with Gasteiger partial charge in [0.05, 0.1) is 10.6 Å². The van der Waals surface area contributed by atoms with Crippen LogP contribution in [0.1, 0.15) is 30.5 Å². The van der Waals surface area contributed by atoms with E-state index in [0.717, 1.165) is 29.7 Å². The van der Waals surface area contributed by atoms with Crippen molar-refractivity contribution in [2.75, 3.05) is 4.90 Å². The molecule has 1 fully saturated rings. The van der Waals surface area contributed by atoms with Crippen LogP contribution in [0.3, 0.4) is 0 Å². The molecule has 0 aromatic heterocycles. The Bertz CT molecular complexity index is 809. The van der Waals surface area contributed by atoms with Gasteiger partial charge in [-0.1, -0.05) is 80.3 Å². The number of hydrogen-bond donors (Lipinski definition) is 0. The third-order valence-electron chi connectivity index (χ3n) is 4.09. The lowest BCUT2D eigenvalue weighted by molar-refractivity contribution is -0.113. The lowest BCUT2D eigenvalue weighted by Crippen LogP contribution is -2.28. The molecule has 122 valence electrons. The molecule has 1 saturated heterocycles. The van der Waals surface area contributed by atoms with E-state index in [1.807, 2.05) is 42.5 Å². The molecule has 0 N–H and O–H groups in total. The van der Waals surface area contributed by atoms with Crippen LogP contribution in [0.2, 0.25) is 0 Å². The second-order valence-corrected chi connectivity index (χ2v) is 7.27. The smallest absolute Gasteiger partial charge is 0.268 e. The zero-order valence-corrected chi connectivity index (χ0v) is 15.4. The standard InChI is InChI=1S/C20H19NOS2/c1-3-14-9-11-15(12-10-14)13-18-19(22)21(20(23)24-18)17-8-6-5-7-16(17)4-2/h5-13H,3-4H2,1-2H3/b18-13-. The molecule has 0 spiro atoms. The van der Waals surface area contributed by atoms with Gasteiger partial charge in [0.1, 0.15) is 0 Å². The van der Waals surface area contributed by atoms with Gasteiger partial charge in [-0.15, -0.1) is 0 Å². The third kappa shape index (κ3) is 3.30. The van der Waals surface area contributed by atoms with Crippen LogP contribution < -0.4 is 4.90 Å². The van der Waals surface area contributed by atoms with Crippen molar-refractivity contribution in [3.05, 3.63) is 70.1 Å². The number of hydrogen-bond acceptors (Lipinski definition) is 3. The minimum atomic E-state index is -0.0366. The number of rotatable bonds is 4. The lowest BCUT2D eigenvalue weighted by Gasteiger charge is -2.18. The summed E-state index contributed by atoms with van der Waals surface area (Å²) < 4.78 is 0.595. The zero-order chi connectivity index (χ0) is 17.1. The molecule has 2 aromatic rings. The predicted octanol–water partition coefficient (Wildman–Crippen LogP) is 5.22. The van der Waals surface area contributed by atoms with Crippen molar-refractivity contribution in [2.24, 2.45) is 0 Å². The monoisotopic (exact) mass is 353 g/mol. The maximum absolute atomic E-state index is 12.9. The number of carbonyl (C=O) groups is 1. The van der Waals surface area contributed by atoms with Crippen molar-refractivity contribution >= 4 is 46.0 Å². The van der Waals surface area contributed by atoms with E-state index in [2.05, 4.69) is 26.0 Å². The number of nitrogens with zero attached hydrogens (tertiary/aromatic N) is 1. The molecule has 1 aliphatic heterocycles. The van der Waals surface area contributed by atoms with Crippen LogP contribution in [0.15, 0.2) is 53.4 Å². The van der Waals surface area contributed by atoms with Gasteiger partial charge in [-0.25, -0.2) is 0 Å². The topological polar surface area (TPSA) is 20.3 Å². The molecule has 0 aliphatic carbocycles. The fourth-order valence-electron chi connectivity index (χ4n) is 2.70. The normalized spacial score (nSPS) is 16.2. The summed E-state index contributed by atoms with van der Waals surface area (Å²) in [5, 5.41) is 0. The van der Waals surface area contributed by atoms with E-state index in [1.54, 1.807) is 4.90 Å². The molecule has 1 amide bonds. The first-order valence-electron chi connectivity index (χ1n) is 8.08. The molecular formula is C20H19NOS2. The van der Waals surface area contributed by atoms with Crippen molar-refractivity contribution in [3.8, 4) is 0 Å². The second kappa shape index (κ2) is 7.32. The Kier molecular flexibility index (Phi) is 5.17. The van der Waals surface area contributed by atoms with Crippen LogP contribution >= 0.6 is 24.0 Å². The van der Waals surface area contributed by atoms with Crippen LogP contribution in [0.25, 0.3) is 6.08 Å². The molecule has 2 nitrogen and oxygen atoms in total. The Hall–Kier alpha value is -1.91. The molecule has 0 saturated carbocycles. The molecule has 0 unspecified atom stereocenters. The summed E-state index contributed by atoms with van der Waals surface area (Å²) in [6.45, 7) is 4.22. The van der Waals surface area contributed by atoms with E-state index in [4.69, 9.17) is 12.2 Å². The average Bonchev–Trinajstić information content (AvgIpc) is 2.89. The van der Waals surface area contributed by atoms with E-state index in [-0.39, 0.29) is 5.91 Å². The summed E-state index contributed by atoms with van der Waals surface area (Å²) >= 11 is 6.84. The number of thioether (sulfide) groups is 1. The summed E-state index contributed by atoms with van der Waals surface area (Å²) in [5.41, 5.74) is 4.34. The van der Waals surface area contributed by atoms with Gasteiger partial charge in [-0.2, -0.15) is 0 Å². The van der Waals surface area contributed by atoms with Crippen molar-refractivity contribution in [2.45, 2.75) is 26.7 Å². The molecule has 2 aromatic carbocycles. The molecule has 4 heteroatoms. The lowest BCUT2D eigenvalue weighted by atomic mass is 10.1. The van der Waals surface area contributed by atoms with Gasteiger partial charge in [0.25, 0.3) is 5.91 Å². The summed E-state index contributed by atoms with van der Waals surface area (Å²) in [7, 11) is 0. The first-order chi connectivity index (χ1) is 11.6. The molecule has 1 aliphatic rings. The first kappa shape index (κ1) is 16.9. The van der Waals surface area contributed by atoms with Crippen molar-refractivity contribution < 1.29 is 4.79 Å². The largest absolute Gasteiger partial charge is 0.270 e. The van der Waals surface area contributed by atoms with Gasteiger partial charge in [-0.05, 0) is 41.7 Å². The van der Waals surface area contributed by atoms with Crippen molar-refractivity contribution in [1.29, 1.82) is 0 Å². The number of amides is 1. The maximum Gasteiger partial charge on any atom is 0.270 e. The Labute approximate surface area is 152 Å². The van der Waals surface area contributed by atoms with E-state index in [1.165, 1.54) is 17.3 Å². The molecular weight excluding hydrogens is 334 g/mol. The number of aryl methyl sites for hydroxylation is 2. The Morgan fingerprint density at radius 1 is 1.04 bits per heavy atom. The van der Waals surface area contributed by atoms with Crippen LogP contribution in [0.4, 0.5) is 5.69 Å². The Morgan fingerprint density at radius 2 is 1.75 bits per heavy atom. The molecule has 3 rings (SSSR count). The van der Waals surface area contributed by atoms with Gasteiger partial charge >= 0.3 is 0 Å². The quantitative estimate of drug-likeness (QED) is 0.555. The molecule has 0 bridgehead atoms. The van der Waals surface area contributed by atoms with E-state index in [9.17, 15) is 4.79 Å². The maximum atomic E-state index is 12.9. The summed E-state index contributed by atoms with van der Waals surface area (Å²) in [6, 6.07) is 16.2. The molecule has 0 radical (unpaired) electrons. The Balaban J connectivity index is 1.92. The molecule has 24 heavy (non-hydrogen) atoms. The number of anilines is 1. The SMILES string of the molecule is CCc1ccc(/C=C2\SC(=S)N(c3ccccc3CC)C2=O)cc1. The van der Waals surface area contributed by atoms with E-state index < -0.39 is 0 Å². The average molecular weight is 354 g/mol.